The van der Waals surface area contributed by atoms with Gasteiger partial charge in [0.05, 0.1) is 16.6 Å². The number of furan rings is 1. The number of aromatic nitrogens is 3. The third kappa shape index (κ3) is 4.37. The van der Waals surface area contributed by atoms with Crippen LogP contribution in [0.2, 0.25) is 0 Å². The number of carbonyl (C=O) groups is 2. The van der Waals surface area contributed by atoms with Crippen LogP contribution in [0.4, 0.5) is 10.6 Å². The molecule has 2 N–H and O–H groups in total. The Bertz CT molecular complexity index is 1920. The van der Waals surface area contributed by atoms with E-state index in [1.54, 1.807) is 36.0 Å². The van der Waals surface area contributed by atoms with Crippen molar-refractivity contribution < 1.29 is 23.8 Å². The largest absolute Gasteiger partial charge is 0.481 e. The maximum absolute atomic E-state index is 12.7. The van der Waals surface area contributed by atoms with E-state index in [0.717, 1.165) is 41.2 Å². The predicted molar refractivity (Wildman–Crippen MR) is 158 cm³/mol. The second-order valence-corrected chi connectivity index (χ2v) is 12.4. The molecule has 4 heterocycles. The molecule has 1 amide bonds. The molecule has 6 aromatic rings. The normalized spacial score (nSPS) is 14.8. The van der Waals surface area contributed by atoms with Crippen molar-refractivity contribution in [3.63, 3.8) is 0 Å². The molecule has 0 radical (unpaired) electrons. The van der Waals surface area contributed by atoms with Crippen molar-refractivity contribution in [2.75, 3.05) is 5.32 Å². The fourth-order valence-corrected chi connectivity index (χ4v) is 7.49. The minimum Gasteiger partial charge on any atom is -0.481 e. The van der Waals surface area contributed by atoms with Crippen LogP contribution in [0.15, 0.2) is 71.3 Å². The molecular formula is C30H24N4O5S2. The average molecular weight is 585 g/mol. The lowest BCUT2D eigenvalue weighted by Crippen LogP contribution is -2.18. The van der Waals surface area contributed by atoms with Crippen molar-refractivity contribution in [3.05, 3.63) is 78.1 Å². The molecule has 9 nitrogen and oxygen atoms in total. The van der Waals surface area contributed by atoms with E-state index in [9.17, 15) is 14.7 Å². The molecule has 7 rings (SSSR count). The highest BCUT2D eigenvalue weighted by Gasteiger charge is 2.53. The number of ether oxygens (including phenoxy) is 1. The molecule has 41 heavy (non-hydrogen) atoms. The highest BCUT2D eigenvalue weighted by molar-refractivity contribution is 7.31. The van der Waals surface area contributed by atoms with E-state index in [1.807, 2.05) is 61.5 Å². The molecular weight excluding hydrogens is 560 g/mol. The van der Waals surface area contributed by atoms with Gasteiger partial charge in [0, 0.05) is 32.3 Å². The highest BCUT2D eigenvalue weighted by Crippen LogP contribution is 2.52. The van der Waals surface area contributed by atoms with Gasteiger partial charge in [-0.05, 0) is 61.2 Å². The van der Waals surface area contributed by atoms with E-state index >= 15 is 0 Å². The fourth-order valence-electron chi connectivity index (χ4n) is 5.11. The second-order valence-electron chi connectivity index (χ2n) is 10.2. The van der Waals surface area contributed by atoms with Gasteiger partial charge in [-0.25, -0.2) is 9.48 Å². The van der Waals surface area contributed by atoms with E-state index in [1.165, 1.54) is 4.68 Å². The Kier molecular flexibility index (Phi) is 5.95. The predicted octanol–water partition coefficient (Wildman–Crippen LogP) is 7.60. The Labute approximate surface area is 242 Å². The molecule has 1 aliphatic carbocycles. The summed E-state index contributed by atoms with van der Waals surface area (Å²) in [5.41, 5.74) is 3.09. The second kappa shape index (κ2) is 9.57. The Morgan fingerprint density at radius 3 is 2.54 bits per heavy atom. The first-order valence-electron chi connectivity index (χ1n) is 13.0. The zero-order valence-corrected chi connectivity index (χ0v) is 23.7. The van der Waals surface area contributed by atoms with E-state index in [4.69, 9.17) is 9.15 Å². The number of anilines is 1. The first-order valence-corrected chi connectivity index (χ1v) is 14.7. The first kappa shape index (κ1) is 25.5. The molecule has 0 spiro atoms. The standard InChI is InChI=1S/C30H24N4O5S2/c1-16(17-6-4-3-5-7-17)39-29(37)31-27-26(32-33-34(27)2)25-14-24-23(41-25)13-22(40-24)18-8-9-21-19(12-18)20(15-38-21)30(10-11-30)28(35)36/h3-9,12-16H,10-11H2,1-2H3,(H,31,37)(H,35,36). The molecule has 11 heteroatoms. The van der Waals surface area contributed by atoms with Crippen LogP contribution in [0.1, 0.15) is 37.0 Å². The molecule has 1 atom stereocenters. The number of nitrogens with zero attached hydrogens (tertiary/aromatic N) is 3. The van der Waals surface area contributed by atoms with Crippen LogP contribution >= 0.6 is 22.7 Å². The number of rotatable bonds is 7. The van der Waals surface area contributed by atoms with Crippen molar-refractivity contribution >= 4 is 60.9 Å². The third-order valence-corrected chi connectivity index (χ3v) is 9.92. The van der Waals surface area contributed by atoms with E-state index in [0.29, 0.717) is 29.9 Å². The van der Waals surface area contributed by atoms with Crippen molar-refractivity contribution in [1.82, 2.24) is 15.0 Å². The van der Waals surface area contributed by atoms with Crippen molar-refractivity contribution in [1.29, 1.82) is 0 Å². The van der Waals surface area contributed by atoms with Gasteiger partial charge < -0.3 is 14.3 Å². The molecule has 1 saturated carbocycles. The molecule has 206 valence electrons. The fraction of sp³-hybridized carbons (Fsp3) is 0.200. The number of aliphatic carboxylic acids is 1. The lowest BCUT2D eigenvalue weighted by atomic mass is 9.95. The number of benzene rings is 2. The number of fused-ring (bicyclic) bond motifs is 2. The molecule has 1 unspecified atom stereocenters. The zero-order chi connectivity index (χ0) is 28.3. The summed E-state index contributed by atoms with van der Waals surface area (Å²) < 4.78 is 15.0. The lowest BCUT2D eigenvalue weighted by molar-refractivity contribution is -0.140. The Morgan fingerprint density at radius 1 is 1.07 bits per heavy atom. The summed E-state index contributed by atoms with van der Waals surface area (Å²) in [5, 5.41) is 21.9. The van der Waals surface area contributed by atoms with E-state index < -0.39 is 23.6 Å². The number of carboxylic acid groups (broad SMARTS) is 1. The van der Waals surface area contributed by atoms with Gasteiger partial charge in [-0.2, -0.15) is 0 Å². The summed E-state index contributed by atoms with van der Waals surface area (Å²) in [7, 11) is 1.72. The van der Waals surface area contributed by atoms with Crippen molar-refractivity contribution in [3.8, 4) is 21.0 Å². The maximum Gasteiger partial charge on any atom is 0.413 e. The van der Waals surface area contributed by atoms with E-state index in [-0.39, 0.29) is 0 Å². The molecule has 0 bridgehead atoms. The van der Waals surface area contributed by atoms with Gasteiger partial charge in [0.15, 0.2) is 5.82 Å². The Hall–Kier alpha value is -4.48. The average Bonchev–Trinajstić information content (AvgIpc) is 3.21. The molecule has 1 aliphatic rings. The van der Waals surface area contributed by atoms with Crippen LogP contribution in [0.5, 0.6) is 0 Å². The lowest BCUT2D eigenvalue weighted by Gasteiger charge is -2.14. The quantitative estimate of drug-likeness (QED) is 0.198. The number of carboxylic acids is 1. The van der Waals surface area contributed by atoms with Crippen LogP contribution in [0.25, 0.3) is 41.4 Å². The van der Waals surface area contributed by atoms with Gasteiger partial charge in [0.2, 0.25) is 0 Å². The van der Waals surface area contributed by atoms with Crippen LogP contribution in [-0.4, -0.2) is 32.2 Å². The molecule has 0 aliphatic heterocycles. The van der Waals surface area contributed by atoms with Crippen LogP contribution in [0.3, 0.4) is 0 Å². The number of hydrogen-bond donors (Lipinski definition) is 2. The number of nitrogens with one attached hydrogen (secondary N) is 1. The van der Waals surface area contributed by atoms with Crippen molar-refractivity contribution in [2.24, 2.45) is 7.05 Å². The molecule has 0 saturated heterocycles. The number of thiophene rings is 2. The Morgan fingerprint density at radius 2 is 1.80 bits per heavy atom. The summed E-state index contributed by atoms with van der Waals surface area (Å²) in [4.78, 5) is 26.6. The van der Waals surface area contributed by atoms with Gasteiger partial charge >= 0.3 is 12.1 Å². The summed E-state index contributed by atoms with van der Waals surface area (Å²) in [6.45, 7) is 1.82. The van der Waals surface area contributed by atoms with Gasteiger partial charge in [0.1, 0.15) is 17.4 Å². The van der Waals surface area contributed by atoms with Gasteiger partial charge in [-0.15, -0.1) is 27.8 Å². The van der Waals surface area contributed by atoms with Gasteiger partial charge in [-0.3, -0.25) is 10.1 Å². The summed E-state index contributed by atoms with van der Waals surface area (Å²) in [5.74, 6) is -0.346. The highest BCUT2D eigenvalue weighted by atomic mass is 32.1. The maximum atomic E-state index is 12.7. The number of hydrogen-bond acceptors (Lipinski definition) is 8. The van der Waals surface area contributed by atoms with Gasteiger partial charge in [-0.1, -0.05) is 35.5 Å². The smallest absolute Gasteiger partial charge is 0.413 e. The van der Waals surface area contributed by atoms with Crippen LogP contribution in [0, 0.1) is 0 Å². The van der Waals surface area contributed by atoms with E-state index in [2.05, 4.69) is 21.7 Å². The molecule has 4 aromatic heterocycles. The summed E-state index contributed by atoms with van der Waals surface area (Å²) in [6, 6.07) is 19.6. The summed E-state index contributed by atoms with van der Waals surface area (Å²) in [6.07, 6.45) is 1.85. The number of aryl methyl sites for hydroxylation is 1. The van der Waals surface area contributed by atoms with Crippen LogP contribution < -0.4 is 5.32 Å². The molecule has 1 fully saturated rings. The van der Waals surface area contributed by atoms with Crippen molar-refractivity contribution in [2.45, 2.75) is 31.3 Å². The Balaban J connectivity index is 1.14. The number of amides is 1. The molecule has 2 aromatic carbocycles. The monoisotopic (exact) mass is 584 g/mol. The summed E-state index contributed by atoms with van der Waals surface area (Å²) >= 11 is 3.21. The topological polar surface area (TPSA) is 119 Å². The number of carbonyl (C=O) groups excluding carboxylic acids is 1. The van der Waals surface area contributed by atoms with Gasteiger partial charge in [0.25, 0.3) is 0 Å². The zero-order valence-electron chi connectivity index (χ0n) is 22.1. The minimum absolute atomic E-state index is 0.414. The third-order valence-electron chi connectivity index (χ3n) is 7.57. The first-order chi connectivity index (χ1) is 19.8. The van der Waals surface area contributed by atoms with Crippen LogP contribution in [-0.2, 0) is 22.0 Å². The SMILES string of the molecule is CC(OC(=O)Nc1c(-c2cc3sc(-c4ccc5occ(C6(C(=O)O)CC6)c5c4)cc3s2)nnn1C)c1ccccc1. The minimum atomic E-state index is -0.830.